The first-order chi connectivity index (χ1) is 14.0. The number of hydrogen-bond donors (Lipinski definition) is 1. The van der Waals surface area contributed by atoms with Gasteiger partial charge in [0.15, 0.2) is 11.2 Å². The maximum absolute atomic E-state index is 12.4. The fraction of sp³-hybridized carbons (Fsp3) is 0.476. The van der Waals surface area contributed by atoms with E-state index in [9.17, 15) is 14.7 Å². The minimum Gasteiger partial charge on any atom is -0.488 e. The molecule has 2 aromatic rings. The van der Waals surface area contributed by atoms with Crippen LogP contribution in [0, 0.1) is 0 Å². The Morgan fingerprint density at radius 3 is 2.69 bits per heavy atom. The van der Waals surface area contributed by atoms with E-state index in [1.807, 2.05) is 10.6 Å². The van der Waals surface area contributed by atoms with Gasteiger partial charge >= 0.3 is 5.97 Å². The van der Waals surface area contributed by atoms with E-state index in [0.29, 0.717) is 42.7 Å². The molecule has 29 heavy (non-hydrogen) atoms. The fourth-order valence-corrected chi connectivity index (χ4v) is 4.22. The van der Waals surface area contributed by atoms with Crippen LogP contribution in [0.3, 0.4) is 0 Å². The Kier molecular flexibility index (Phi) is 5.04. The number of ether oxygens (including phenoxy) is 3. The zero-order chi connectivity index (χ0) is 20.6. The Morgan fingerprint density at radius 1 is 1.28 bits per heavy atom. The SMILES string of the molecule is COCCCOc1cc2c(nc1OC)-c1cc(=O)c(C(=O)O)cn1C1(CCC1)C2. The predicted octanol–water partition coefficient (Wildman–Crippen LogP) is 2.47. The van der Waals surface area contributed by atoms with E-state index in [2.05, 4.69) is 4.98 Å². The van der Waals surface area contributed by atoms with Gasteiger partial charge in [-0.05, 0) is 37.3 Å². The average molecular weight is 400 g/mol. The number of hydrogen-bond acceptors (Lipinski definition) is 6. The topological polar surface area (TPSA) is 99.9 Å². The summed E-state index contributed by atoms with van der Waals surface area (Å²) in [6.07, 6.45) is 5.85. The van der Waals surface area contributed by atoms with Gasteiger partial charge in [0.05, 0.1) is 25.1 Å². The Bertz CT molecular complexity index is 1010. The van der Waals surface area contributed by atoms with Gasteiger partial charge in [-0.15, -0.1) is 0 Å². The van der Waals surface area contributed by atoms with Crippen LogP contribution in [0.2, 0.25) is 0 Å². The van der Waals surface area contributed by atoms with Gasteiger partial charge in [-0.1, -0.05) is 0 Å². The highest BCUT2D eigenvalue weighted by molar-refractivity contribution is 5.87. The Morgan fingerprint density at radius 2 is 2.07 bits per heavy atom. The quantitative estimate of drug-likeness (QED) is 0.713. The summed E-state index contributed by atoms with van der Waals surface area (Å²) >= 11 is 0. The minimum absolute atomic E-state index is 0.214. The third-order valence-electron chi connectivity index (χ3n) is 5.82. The van der Waals surface area contributed by atoms with Crippen molar-refractivity contribution in [1.82, 2.24) is 9.55 Å². The van der Waals surface area contributed by atoms with E-state index >= 15 is 0 Å². The molecule has 0 saturated heterocycles. The van der Waals surface area contributed by atoms with Crippen LogP contribution < -0.4 is 14.9 Å². The van der Waals surface area contributed by atoms with Gasteiger partial charge in [0, 0.05) is 37.9 Å². The second-order valence-electron chi connectivity index (χ2n) is 7.56. The van der Waals surface area contributed by atoms with Crippen molar-refractivity contribution in [2.45, 2.75) is 37.6 Å². The molecule has 154 valence electrons. The van der Waals surface area contributed by atoms with Crippen LogP contribution in [-0.4, -0.2) is 48.1 Å². The molecule has 3 heterocycles. The van der Waals surface area contributed by atoms with Crippen LogP contribution >= 0.6 is 0 Å². The molecule has 0 aromatic carbocycles. The standard InChI is InChI=1S/C21H24N2O6/c1-27-7-4-8-29-17-9-13-11-21(5-3-6-21)23-12-14(20(25)26)16(24)10-15(23)18(13)22-19(17)28-2/h9-10,12H,3-8,11H2,1-2H3,(H,25,26). The van der Waals surface area contributed by atoms with E-state index in [-0.39, 0.29) is 11.1 Å². The van der Waals surface area contributed by atoms with Gasteiger partial charge in [-0.2, -0.15) is 0 Å². The predicted molar refractivity (Wildman–Crippen MR) is 105 cm³/mol. The molecule has 0 amide bonds. The van der Waals surface area contributed by atoms with Gasteiger partial charge in [-0.3, -0.25) is 4.79 Å². The van der Waals surface area contributed by atoms with Gasteiger partial charge < -0.3 is 23.9 Å². The van der Waals surface area contributed by atoms with Crippen molar-refractivity contribution in [2.24, 2.45) is 0 Å². The Hall–Kier alpha value is -2.87. The molecule has 0 unspecified atom stereocenters. The maximum Gasteiger partial charge on any atom is 0.341 e. The van der Waals surface area contributed by atoms with Crippen molar-refractivity contribution in [3.63, 3.8) is 0 Å². The zero-order valence-electron chi connectivity index (χ0n) is 16.6. The first-order valence-electron chi connectivity index (χ1n) is 9.69. The maximum atomic E-state index is 12.4. The second-order valence-corrected chi connectivity index (χ2v) is 7.56. The van der Waals surface area contributed by atoms with Crippen molar-refractivity contribution < 1.29 is 24.1 Å². The third kappa shape index (κ3) is 3.27. The monoisotopic (exact) mass is 400 g/mol. The number of fused-ring (bicyclic) bond motifs is 4. The van der Waals surface area contributed by atoms with Crippen LogP contribution in [0.1, 0.15) is 41.6 Å². The molecule has 1 saturated carbocycles. The lowest BCUT2D eigenvalue weighted by Crippen LogP contribution is -2.46. The summed E-state index contributed by atoms with van der Waals surface area (Å²) in [5.74, 6) is -0.308. The van der Waals surface area contributed by atoms with E-state index in [4.69, 9.17) is 14.2 Å². The molecule has 8 nitrogen and oxygen atoms in total. The van der Waals surface area contributed by atoms with Crippen LogP contribution in [0.15, 0.2) is 23.1 Å². The molecule has 4 rings (SSSR count). The molecule has 2 aromatic heterocycles. The number of carboxylic acid groups (broad SMARTS) is 1. The first-order valence-corrected chi connectivity index (χ1v) is 9.69. The number of rotatable bonds is 7. The number of methoxy groups -OCH3 is 2. The molecule has 0 bridgehead atoms. The summed E-state index contributed by atoms with van der Waals surface area (Å²) in [5.41, 5.74) is 1.29. The molecule has 0 atom stereocenters. The fourth-order valence-electron chi connectivity index (χ4n) is 4.22. The van der Waals surface area contributed by atoms with E-state index < -0.39 is 11.4 Å². The summed E-state index contributed by atoms with van der Waals surface area (Å²) in [6, 6.07) is 3.32. The normalized spacial score (nSPS) is 15.9. The average Bonchev–Trinajstić information content (AvgIpc) is 2.68. The van der Waals surface area contributed by atoms with Gasteiger partial charge in [0.2, 0.25) is 0 Å². The molecule has 1 N–H and O–H groups in total. The highest BCUT2D eigenvalue weighted by Crippen LogP contribution is 2.49. The summed E-state index contributed by atoms with van der Waals surface area (Å²) in [5, 5.41) is 9.39. The molecular formula is C21H24N2O6. The molecule has 1 fully saturated rings. The molecule has 1 aliphatic carbocycles. The minimum atomic E-state index is -1.21. The van der Waals surface area contributed by atoms with Gasteiger partial charge in [-0.25, -0.2) is 9.78 Å². The van der Waals surface area contributed by atoms with E-state index in [0.717, 1.165) is 31.2 Å². The molecule has 0 radical (unpaired) electrons. The number of pyridine rings is 2. The van der Waals surface area contributed by atoms with E-state index in [1.165, 1.54) is 19.4 Å². The summed E-state index contributed by atoms with van der Waals surface area (Å²) in [6.45, 7) is 1.08. The highest BCUT2D eigenvalue weighted by atomic mass is 16.5. The van der Waals surface area contributed by atoms with Crippen LogP contribution in [0.25, 0.3) is 11.4 Å². The molecule has 1 aliphatic heterocycles. The summed E-state index contributed by atoms with van der Waals surface area (Å²) in [4.78, 5) is 28.5. The molecule has 1 spiro atoms. The lowest BCUT2D eigenvalue weighted by molar-refractivity contribution is 0.0691. The number of carboxylic acids is 1. The largest absolute Gasteiger partial charge is 0.488 e. The molecular weight excluding hydrogens is 376 g/mol. The smallest absolute Gasteiger partial charge is 0.341 e. The molecule has 2 aliphatic rings. The number of aromatic carboxylic acids is 1. The van der Waals surface area contributed by atoms with Crippen molar-refractivity contribution >= 4 is 5.97 Å². The van der Waals surface area contributed by atoms with E-state index in [1.54, 1.807) is 7.11 Å². The zero-order valence-corrected chi connectivity index (χ0v) is 16.6. The summed E-state index contributed by atoms with van der Waals surface area (Å²) < 4.78 is 18.3. The second kappa shape index (κ2) is 7.51. The van der Waals surface area contributed by atoms with Gasteiger partial charge in [0.25, 0.3) is 5.88 Å². The first kappa shape index (κ1) is 19.4. The summed E-state index contributed by atoms with van der Waals surface area (Å²) in [7, 11) is 3.17. The number of carbonyl (C=O) groups is 1. The highest BCUT2D eigenvalue weighted by Gasteiger charge is 2.44. The Labute approximate surface area is 168 Å². The van der Waals surface area contributed by atoms with Crippen LogP contribution in [0.4, 0.5) is 0 Å². The lowest BCUT2D eigenvalue weighted by Gasteiger charge is -2.48. The van der Waals surface area contributed by atoms with Crippen LogP contribution in [0.5, 0.6) is 11.6 Å². The molecule has 8 heteroatoms. The van der Waals surface area contributed by atoms with Crippen molar-refractivity contribution in [1.29, 1.82) is 0 Å². The van der Waals surface area contributed by atoms with Crippen molar-refractivity contribution in [3.05, 3.63) is 39.7 Å². The van der Waals surface area contributed by atoms with Gasteiger partial charge in [0.1, 0.15) is 5.56 Å². The van der Waals surface area contributed by atoms with Crippen molar-refractivity contribution in [3.8, 4) is 23.0 Å². The number of nitrogens with zero attached hydrogens (tertiary/aromatic N) is 2. The number of aromatic nitrogens is 2. The van der Waals surface area contributed by atoms with Crippen LogP contribution in [-0.2, 0) is 16.7 Å². The lowest BCUT2D eigenvalue weighted by atomic mass is 9.70. The van der Waals surface area contributed by atoms with Crippen molar-refractivity contribution in [2.75, 3.05) is 27.4 Å². The third-order valence-corrected chi connectivity index (χ3v) is 5.82. The Balaban J connectivity index is 1.81.